The number of halogens is 3. The van der Waals surface area contributed by atoms with Crippen LogP contribution in [0.1, 0.15) is 13.8 Å². The van der Waals surface area contributed by atoms with Gasteiger partial charge in [-0.3, -0.25) is 4.84 Å². The molecule has 0 amide bonds. The first-order valence-electron chi connectivity index (χ1n) is 3.60. The Labute approximate surface area is 79.8 Å². The second-order valence-electron chi connectivity index (χ2n) is 2.76. The van der Waals surface area contributed by atoms with Crippen LogP contribution in [0.3, 0.4) is 0 Å². The molecule has 0 rings (SSSR count). The summed E-state index contributed by atoms with van der Waals surface area (Å²) in [6, 6.07) is -0.429. The van der Waals surface area contributed by atoms with Gasteiger partial charge >= 0.3 is 6.18 Å². The summed E-state index contributed by atoms with van der Waals surface area (Å²) in [5.74, 6) is 0. The van der Waals surface area contributed by atoms with Gasteiger partial charge in [0.1, 0.15) is 0 Å². The van der Waals surface area contributed by atoms with Gasteiger partial charge in [-0.25, -0.2) is 0 Å². The molecule has 5 nitrogen and oxygen atoms in total. The Balaban J connectivity index is 3.90. The predicted octanol–water partition coefficient (Wildman–Crippen LogP) is 0.313. The Bertz CT molecular complexity index is 262. The van der Waals surface area contributed by atoms with Crippen LogP contribution >= 0.6 is 0 Å². The smallest absolute Gasteiger partial charge is 0.276 e. The van der Waals surface area contributed by atoms with Crippen molar-refractivity contribution >= 4 is 10.2 Å². The Morgan fingerprint density at radius 2 is 1.86 bits per heavy atom. The van der Waals surface area contributed by atoms with E-state index in [2.05, 4.69) is 4.84 Å². The Kier molecular flexibility index (Phi) is 4.78. The first kappa shape index (κ1) is 13.6. The molecule has 0 radical (unpaired) electrons. The Morgan fingerprint density at radius 3 is 2.21 bits per heavy atom. The van der Waals surface area contributed by atoms with E-state index < -0.39 is 29.0 Å². The second-order valence-corrected chi connectivity index (χ2v) is 4.17. The fourth-order valence-corrected chi connectivity index (χ4v) is 1.41. The summed E-state index contributed by atoms with van der Waals surface area (Å²) >= 11 is 0. The van der Waals surface area contributed by atoms with Crippen LogP contribution in [-0.4, -0.2) is 27.2 Å². The zero-order valence-corrected chi connectivity index (χ0v) is 8.37. The Hall–Kier alpha value is -0.380. The lowest BCUT2D eigenvalue weighted by molar-refractivity contribution is -0.181. The van der Waals surface area contributed by atoms with Crippen LogP contribution < -0.4 is 9.61 Å². The molecule has 0 aliphatic heterocycles. The van der Waals surface area contributed by atoms with Gasteiger partial charge in [0.05, 0.1) is 0 Å². The Morgan fingerprint density at radius 1 is 1.36 bits per heavy atom. The van der Waals surface area contributed by atoms with Crippen LogP contribution in [0.4, 0.5) is 13.2 Å². The largest absolute Gasteiger partial charge is 0.413 e. The molecule has 2 N–H and O–H groups in total. The normalized spacial score (nSPS) is 13.6. The number of alkyl halides is 3. The van der Waals surface area contributed by atoms with E-state index >= 15 is 0 Å². The summed E-state index contributed by atoms with van der Waals surface area (Å²) in [7, 11) is -4.03. The van der Waals surface area contributed by atoms with Crippen LogP contribution in [-0.2, 0) is 15.0 Å². The molecule has 0 fully saturated rings. The molecule has 0 saturated carbocycles. The van der Waals surface area contributed by atoms with E-state index in [1.807, 2.05) is 4.72 Å². The van der Waals surface area contributed by atoms with E-state index in [1.54, 1.807) is 0 Å². The molecule has 0 bridgehead atoms. The third-order valence-electron chi connectivity index (χ3n) is 0.795. The van der Waals surface area contributed by atoms with E-state index in [4.69, 9.17) is 0 Å². The lowest BCUT2D eigenvalue weighted by Crippen LogP contribution is -2.41. The van der Waals surface area contributed by atoms with Gasteiger partial charge in [0.25, 0.3) is 10.2 Å². The maximum Gasteiger partial charge on any atom is 0.413 e. The number of rotatable bonds is 5. The molecule has 86 valence electrons. The SMILES string of the molecule is CC(C)NS(=O)(=O)NOCC(F)(F)F. The van der Waals surface area contributed by atoms with Crippen molar-refractivity contribution in [1.82, 2.24) is 9.61 Å². The zero-order valence-electron chi connectivity index (χ0n) is 7.55. The third kappa shape index (κ3) is 8.23. The van der Waals surface area contributed by atoms with Crippen molar-refractivity contribution in [2.45, 2.75) is 26.1 Å². The highest BCUT2D eigenvalue weighted by atomic mass is 32.2. The summed E-state index contributed by atoms with van der Waals surface area (Å²) in [5.41, 5.74) is 0. The van der Waals surface area contributed by atoms with Gasteiger partial charge in [0.2, 0.25) is 0 Å². The highest BCUT2D eigenvalue weighted by Crippen LogP contribution is 2.13. The van der Waals surface area contributed by atoms with Gasteiger partial charge in [0.15, 0.2) is 6.61 Å². The van der Waals surface area contributed by atoms with Crippen LogP contribution in [0.5, 0.6) is 0 Å². The maximum absolute atomic E-state index is 11.5. The summed E-state index contributed by atoms with van der Waals surface area (Å²) in [5, 5.41) is 0. The number of hydrogen-bond acceptors (Lipinski definition) is 3. The first-order valence-corrected chi connectivity index (χ1v) is 5.08. The highest BCUT2D eigenvalue weighted by molar-refractivity contribution is 7.87. The van der Waals surface area contributed by atoms with Crippen molar-refractivity contribution in [2.75, 3.05) is 6.61 Å². The predicted molar refractivity (Wildman–Crippen MR) is 42.3 cm³/mol. The monoisotopic (exact) mass is 236 g/mol. The van der Waals surface area contributed by atoms with Crippen LogP contribution in [0.2, 0.25) is 0 Å². The second kappa shape index (κ2) is 4.91. The minimum Gasteiger partial charge on any atom is -0.276 e. The minimum absolute atomic E-state index is 0.429. The standard InChI is InChI=1S/C5H11F3N2O3S/c1-4(2)9-14(11,12)10-13-3-5(6,7)8/h4,9-10H,3H2,1-2H3. The highest BCUT2D eigenvalue weighted by Gasteiger charge is 2.28. The fourth-order valence-electron chi connectivity index (χ4n) is 0.523. The quantitative estimate of drug-likeness (QED) is 0.675. The fraction of sp³-hybridized carbons (Fsp3) is 1.00. The molecule has 0 atom stereocenters. The van der Waals surface area contributed by atoms with Crippen LogP contribution in [0, 0.1) is 0 Å². The van der Waals surface area contributed by atoms with Crippen molar-refractivity contribution in [1.29, 1.82) is 0 Å². The molecule has 14 heavy (non-hydrogen) atoms. The lowest BCUT2D eigenvalue weighted by Gasteiger charge is -2.11. The van der Waals surface area contributed by atoms with Crippen molar-refractivity contribution in [2.24, 2.45) is 0 Å². The summed E-state index contributed by atoms with van der Waals surface area (Å²) in [6.07, 6.45) is -4.57. The molecular formula is C5H11F3N2O3S. The minimum atomic E-state index is -4.57. The van der Waals surface area contributed by atoms with Crippen molar-refractivity contribution in [3.8, 4) is 0 Å². The molecule has 0 unspecified atom stereocenters. The van der Waals surface area contributed by atoms with Gasteiger partial charge in [-0.15, -0.1) is 0 Å². The number of hydrogen-bond donors (Lipinski definition) is 2. The molecule has 9 heteroatoms. The maximum atomic E-state index is 11.5. The molecule has 0 heterocycles. The topological polar surface area (TPSA) is 67.4 Å². The lowest BCUT2D eigenvalue weighted by atomic mass is 10.4. The van der Waals surface area contributed by atoms with Gasteiger partial charge in [-0.05, 0) is 13.8 Å². The van der Waals surface area contributed by atoms with Crippen LogP contribution in [0.15, 0.2) is 0 Å². The van der Waals surface area contributed by atoms with Crippen LogP contribution in [0.25, 0.3) is 0 Å². The van der Waals surface area contributed by atoms with Gasteiger partial charge in [0, 0.05) is 6.04 Å². The molecule has 0 saturated heterocycles. The number of nitrogens with one attached hydrogen (secondary N) is 2. The zero-order chi connectivity index (χ0) is 11.4. The van der Waals surface area contributed by atoms with E-state index in [0.29, 0.717) is 0 Å². The summed E-state index contributed by atoms with van der Waals surface area (Å²) in [4.78, 5) is 5.03. The molecule has 0 aromatic heterocycles. The van der Waals surface area contributed by atoms with Crippen molar-refractivity contribution in [3.05, 3.63) is 0 Å². The van der Waals surface area contributed by atoms with Gasteiger partial charge in [-0.1, -0.05) is 4.89 Å². The average Bonchev–Trinajstić information content (AvgIpc) is 1.78. The van der Waals surface area contributed by atoms with Crippen molar-refractivity contribution < 1.29 is 26.4 Å². The average molecular weight is 236 g/mol. The van der Waals surface area contributed by atoms with E-state index in [9.17, 15) is 21.6 Å². The van der Waals surface area contributed by atoms with Crippen molar-refractivity contribution in [3.63, 3.8) is 0 Å². The molecule has 0 aromatic rings. The molecule has 0 spiro atoms. The first-order chi connectivity index (χ1) is 6.12. The molecule has 0 aromatic carbocycles. The molecule has 0 aliphatic carbocycles. The van der Waals surface area contributed by atoms with Gasteiger partial charge < -0.3 is 0 Å². The van der Waals surface area contributed by atoms with E-state index in [0.717, 1.165) is 0 Å². The molecular weight excluding hydrogens is 225 g/mol. The van der Waals surface area contributed by atoms with E-state index in [1.165, 1.54) is 18.7 Å². The summed E-state index contributed by atoms with van der Waals surface area (Å²) in [6.45, 7) is 1.36. The molecule has 0 aliphatic rings. The third-order valence-corrected chi connectivity index (χ3v) is 1.91. The summed E-state index contributed by atoms with van der Waals surface area (Å²) < 4.78 is 58.1. The van der Waals surface area contributed by atoms with Gasteiger partial charge in [-0.2, -0.15) is 26.3 Å². The van der Waals surface area contributed by atoms with E-state index in [-0.39, 0.29) is 0 Å².